The van der Waals surface area contributed by atoms with Crippen LogP contribution < -0.4 is 16.9 Å². The lowest BCUT2D eigenvalue weighted by Gasteiger charge is -2.40. The number of carboxylic acids is 3. The largest absolute Gasteiger partial charge is 0.480 e. The van der Waals surface area contributed by atoms with Gasteiger partial charge >= 0.3 is 17.9 Å². The highest BCUT2D eigenvalue weighted by Gasteiger charge is 2.41. The van der Waals surface area contributed by atoms with E-state index in [1.165, 1.54) is 10.1 Å². The van der Waals surface area contributed by atoms with Crippen molar-refractivity contribution in [3.05, 3.63) is 0 Å². The van der Waals surface area contributed by atoms with Gasteiger partial charge in [-0.2, -0.15) is 5.12 Å². The summed E-state index contributed by atoms with van der Waals surface area (Å²) in [6.45, 7) is 4.23. The topological polar surface area (TPSA) is 195 Å². The number of rotatable bonds is 13. The third-order valence-corrected chi connectivity index (χ3v) is 4.59. The zero-order chi connectivity index (χ0) is 22.1. The summed E-state index contributed by atoms with van der Waals surface area (Å²) in [5.41, 5.74) is 13.3. The highest BCUT2D eigenvalue weighted by molar-refractivity contribution is 5.76. The maximum Gasteiger partial charge on any atom is 0.323 e. The normalized spacial score (nSPS) is 19.2. The van der Waals surface area contributed by atoms with Crippen molar-refractivity contribution in [3.63, 3.8) is 0 Å². The minimum Gasteiger partial charge on any atom is -0.480 e. The zero-order valence-corrected chi connectivity index (χ0v) is 16.8. The Labute approximate surface area is 169 Å². The van der Waals surface area contributed by atoms with Gasteiger partial charge in [-0.1, -0.05) is 13.8 Å². The van der Waals surface area contributed by atoms with Crippen molar-refractivity contribution in [2.24, 2.45) is 22.4 Å². The van der Waals surface area contributed by atoms with Gasteiger partial charge < -0.3 is 26.8 Å². The molecule has 0 spiro atoms. The van der Waals surface area contributed by atoms with E-state index >= 15 is 0 Å². The molecule has 3 atom stereocenters. The second-order valence-corrected chi connectivity index (χ2v) is 7.46. The lowest BCUT2D eigenvalue weighted by Crippen LogP contribution is -2.64. The molecule has 0 aromatic rings. The molecule has 166 valence electrons. The van der Waals surface area contributed by atoms with Crippen LogP contribution in [0.3, 0.4) is 0 Å². The first-order valence-electron chi connectivity index (χ1n) is 9.60. The van der Waals surface area contributed by atoms with Crippen LogP contribution in [-0.2, 0) is 14.4 Å². The average Bonchev–Trinajstić information content (AvgIpc) is 3.08. The fraction of sp³-hybridized carbons (Fsp3) is 0.765. The molecule has 0 aliphatic carbocycles. The van der Waals surface area contributed by atoms with E-state index in [-0.39, 0.29) is 31.3 Å². The van der Waals surface area contributed by atoms with Crippen LogP contribution in [0.2, 0.25) is 0 Å². The minimum atomic E-state index is -1.18. The quantitative estimate of drug-likeness (QED) is 0.0957. The number of hydrazine groups is 2. The third kappa shape index (κ3) is 7.83. The fourth-order valence-corrected chi connectivity index (χ4v) is 3.26. The predicted molar refractivity (Wildman–Crippen MR) is 105 cm³/mol. The zero-order valence-electron chi connectivity index (χ0n) is 16.8. The van der Waals surface area contributed by atoms with Crippen LogP contribution in [0.25, 0.3) is 0 Å². The Bertz CT molecular complexity index is 609. The van der Waals surface area contributed by atoms with E-state index in [2.05, 4.69) is 10.4 Å². The lowest BCUT2D eigenvalue weighted by molar-refractivity contribution is -0.181. The number of aliphatic carboxylic acids is 3. The second kappa shape index (κ2) is 11.5. The molecular formula is C17H32N6O6. The van der Waals surface area contributed by atoms with Crippen LogP contribution in [0.1, 0.15) is 46.0 Å². The monoisotopic (exact) mass is 416 g/mol. The molecular weight excluding hydrogens is 384 g/mol. The number of carbonyl (C=O) groups is 3. The van der Waals surface area contributed by atoms with E-state index in [0.29, 0.717) is 25.8 Å². The van der Waals surface area contributed by atoms with Crippen molar-refractivity contribution in [1.82, 2.24) is 15.6 Å². The van der Waals surface area contributed by atoms with Crippen molar-refractivity contribution < 1.29 is 29.7 Å². The van der Waals surface area contributed by atoms with Crippen LogP contribution in [0.15, 0.2) is 4.99 Å². The number of carboxylic acid groups (broad SMARTS) is 3. The number of nitrogens with two attached hydrogens (primary N) is 2. The van der Waals surface area contributed by atoms with Gasteiger partial charge in [0.2, 0.25) is 0 Å². The van der Waals surface area contributed by atoms with Crippen LogP contribution in [0.5, 0.6) is 0 Å². The average molecular weight is 416 g/mol. The molecule has 0 aromatic heterocycles. The van der Waals surface area contributed by atoms with Gasteiger partial charge in [0, 0.05) is 13.1 Å². The molecule has 12 nitrogen and oxygen atoms in total. The molecule has 1 saturated heterocycles. The van der Waals surface area contributed by atoms with E-state index in [4.69, 9.17) is 11.5 Å². The first-order chi connectivity index (χ1) is 13.5. The van der Waals surface area contributed by atoms with Crippen molar-refractivity contribution in [2.45, 2.75) is 64.1 Å². The van der Waals surface area contributed by atoms with Gasteiger partial charge in [-0.15, -0.1) is 0 Å². The first kappa shape index (κ1) is 24.6. The van der Waals surface area contributed by atoms with E-state index < -0.39 is 36.0 Å². The van der Waals surface area contributed by atoms with Gasteiger partial charge in [0.15, 0.2) is 5.96 Å². The number of aliphatic imine (C=N–C) groups is 1. The van der Waals surface area contributed by atoms with E-state index in [1.54, 1.807) is 0 Å². The lowest BCUT2D eigenvalue weighted by atomic mass is 10.0. The maximum absolute atomic E-state index is 11.9. The molecule has 0 amide bonds. The van der Waals surface area contributed by atoms with Crippen LogP contribution in [-0.4, -0.2) is 80.5 Å². The molecule has 0 aromatic carbocycles. The summed E-state index contributed by atoms with van der Waals surface area (Å²) < 4.78 is 0. The van der Waals surface area contributed by atoms with Gasteiger partial charge in [-0.05, 0) is 38.0 Å². The molecule has 1 aliphatic heterocycles. The van der Waals surface area contributed by atoms with E-state index in [0.717, 1.165) is 0 Å². The molecule has 1 aliphatic rings. The van der Waals surface area contributed by atoms with Crippen LogP contribution >= 0.6 is 0 Å². The molecule has 0 saturated carbocycles. The number of nitrogens with zero attached hydrogens (tertiary/aromatic N) is 3. The Morgan fingerprint density at radius 2 is 1.86 bits per heavy atom. The summed E-state index contributed by atoms with van der Waals surface area (Å²) in [5.74, 6) is -3.53. The van der Waals surface area contributed by atoms with Crippen molar-refractivity contribution in [3.8, 4) is 0 Å². The molecule has 0 radical (unpaired) electrons. The van der Waals surface area contributed by atoms with Gasteiger partial charge in [0.25, 0.3) is 0 Å². The van der Waals surface area contributed by atoms with E-state index in [9.17, 15) is 29.7 Å². The van der Waals surface area contributed by atoms with Crippen LogP contribution in [0.4, 0.5) is 0 Å². The molecule has 1 fully saturated rings. The minimum absolute atomic E-state index is 0.00331. The summed E-state index contributed by atoms with van der Waals surface area (Å²) in [6.07, 6.45) is 1.60. The number of guanidine groups is 1. The smallest absolute Gasteiger partial charge is 0.323 e. The summed E-state index contributed by atoms with van der Waals surface area (Å²) in [4.78, 5) is 39.1. The van der Waals surface area contributed by atoms with Crippen molar-refractivity contribution in [1.29, 1.82) is 0 Å². The summed E-state index contributed by atoms with van der Waals surface area (Å²) in [6, 6.07) is -3.17. The first-order valence-corrected chi connectivity index (χ1v) is 9.60. The van der Waals surface area contributed by atoms with Gasteiger partial charge in [0.05, 0.1) is 0 Å². The highest BCUT2D eigenvalue weighted by atomic mass is 16.4. The van der Waals surface area contributed by atoms with Gasteiger partial charge in [0.1, 0.15) is 18.1 Å². The van der Waals surface area contributed by atoms with Gasteiger partial charge in [-0.25, -0.2) is 10.4 Å². The Morgan fingerprint density at radius 3 is 2.34 bits per heavy atom. The molecule has 1 heterocycles. The molecule has 0 bridgehead atoms. The van der Waals surface area contributed by atoms with Gasteiger partial charge in [-0.3, -0.25) is 19.4 Å². The highest BCUT2D eigenvalue weighted by Crippen LogP contribution is 2.23. The summed E-state index contributed by atoms with van der Waals surface area (Å²) in [7, 11) is 0. The Balaban J connectivity index is 3.09. The van der Waals surface area contributed by atoms with Crippen molar-refractivity contribution in [2.75, 3.05) is 13.1 Å². The molecule has 0 unspecified atom stereocenters. The van der Waals surface area contributed by atoms with E-state index in [1.807, 2.05) is 13.8 Å². The summed E-state index contributed by atoms with van der Waals surface area (Å²) in [5, 5.41) is 31.5. The molecule has 8 N–H and O–H groups in total. The Hall–Kier alpha value is -2.44. The maximum atomic E-state index is 11.9. The molecule has 12 heteroatoms. The third-order valence-electron chi connectivity index (χ3n) is 4.59. The number of hydrogen-bond acceptors (Lipinski definition) is 7. The molecule has 29 heavy (non-hydrogen) atoms. The SMILES string of the molecule is CC(C)C[C@@H](C(=O)O)N(N[C@@H](CCCN=C(N)N)C(=O)O)N1CCC[C@H]1C(=O)O. The van der Waals surface area contributed by atoms with Crippen molar-refractivity contribution >= 4 is 23.9 Å². The fourth-order valence-electron chi connectivity index (χ4n) is 3.26. The standard InChI is InChI=1S/C17H32N6O6/c1-10(2)9-13(16(28)29)23(22-8-4-6-12(22)15(26)27)21-11(14(24)25)5-3-7-20-17(18)19/h10-13,21H,3-9H2,1-2H3,(H,24,25)(H,26,27)(H,28,29)(H4,18,19,20)/t11-,12-,13-/m0/s1. The Morgan fingerprint density at radius 1 is 1.21 bits per heavy atom. The number of nitrogens with one attached hydrogen (secondary N) is 1. The molecule has 1 rings (SSSR count). The Kier molecular flexibility index (Phi) is 9.78. The predicted octanol–water partition coefficient (Wildman–Crippen LogP) is -0.737. The number of hydrogen-bond donors (Lipinski definition) is 6. The second-order valence-electron chi connectivity index (χ2n) is 7.46. The van der Waals surface area contributed by atoms with Crippen LogP contribution in [0, 0.1) is 5.92 Å². The summed E-state index contributed by atoms with van der Waals surface area (Å²) >= 11 is 0.